The quantitative estimate of drug-likeness (QED) is 0.381. The van der Waals surface area contributed by atoms with Crippen LogP contribution < -0.4 is 4.74 Å². The first-order valence-electron chi connectivity index (χ1n) is 9.88. The van der Waals surface area contributed by atoms with E-state index in [-0.39, 0.29) is 4.90 Å². The van der Waals surface area contributed by atoms with E-state index < -0.39 is 10.0 Å². The predicted molar refractivity (Wildman–Crippen MR) is 115 cm³/mol. The second-order valence-corrected chi connectivity index (χ2v) is 9.86. The molecule has 0 amide bonds. The van der Waals surface area contributed by atoms with E-state index in [1.807, 2.05) is 30.3 Å². The average Bonchev–Trinajstić information content (AvgIpc) is 3.27. The number of piperidine rings is 1. The smallest absolute Gasteiger partial charge is 0.276 e. The van der Waals surface area contributed by atoms with Gasteiger partial charge in [0.25, 0.3) is 5.22 Å². The third-order valence-corrected chi connectivity index (χ3v) is 7.44. The highest BCUT2D eigenvalue weighted by Gasteiger charge is 2.26. The molecule has 1 aromatic heterocycles. The van der Waals surface area contributed by atoms with Gasteiger partial charge in [0.2, 0.25) is 15.9 Å². The maximum Gasteiger partial charge on any atom is 0.276 e. The molecule has 4 rings (SSSR count). The largest absolute Gasteiger partial charge is 0.493 e. The third-order valence-electron chi connectivity index (χ3n) is 4.76. The minimum atomic E-state index is -3.51. The molecule has 1 aliphatic heterocycles. The molecule has 30 heavy (non-hydrogen) atoms. The molecular formula is C21H23N3O4S2. The fourth-order valence-corrected chi connectivity index (χ4v) is 5.38. The minimum Gasteiger partial charge on any atom is -0.493 e. The summed E-state index contributed by atoms with van der Waals surface area (Å²) in [6.45, 7) is 1.65. The predicted octanol–water partition coefficient (Wildman–Crippen LogP) is 4.08. The first kappa shape index (κ1) is 20.9. The molecule has 3 aromatic rings. The van der Waals surface area contributed by atoms with Gasteiger partial charge in [-0.05, 0) is 43.2 Å². The van der Waals surface area contributed by atoms with Gasteiger partial charge in [-0.25, -0.2) is 8.42 Å². The molecule has 0 atom stereocenters. The number of ether oxygens (including phenoxy) is 1. The monoisotopic (exact) mass is 445 g/mol. The normalized spacial score (nSPS) is 15.2. The Kier molecular flexibility index (Phi) is 6.71. The summed E-state index contributed by atoms with van der Waals surface area (Å²) >= 11 is 1.40. The Balaban J connectivity index is 1.39. The van der Waals surface area contributed by atoms with Gasteiger partial charge in [0.1, 0.15) is 5.75 Å². The molecule has 0 N–H and O–H groups in total. The van der Waals surface area contributed by atoms with Crippen molar-refractivity contribution >= 4 is 21.8 Å². The highest BCUT2D eigenvalue weighted by molar-refractivity contribution is 7.99. The summed E-state index contributed by atoms with van der Waals surface area (Å²) in [4.78, 5) is 0.255. The lowest BCUT2D eigenvalue weighted by atomic mass is 10.2. The van der Waals surface area contributed by atoms with Crippen LogP contribution in [0.25, 0.3) is 11.5 Å². The number of nitrogens with zero attached hydrogens (tertiary/aromatic N) is 3. The Bertz CT molecular complexity index is 1060. The Morgan fingerprint density at radius 1 is 1.00 bits per heavy atom. The van der Waals surface area contributed by atoms with Crippen LogP contribution >= 0.6 is 11.8 Å². The summed E-state index contributed by atoms with van der Waals surface area (Å²) in [5, 5.41) is 8.54. The van der Waals surface area contributed by atoms with Crippen LogP contribution in [-0.2, 0) is 10.0 Å². The van der Waals surface area contributed by atoms with Crippen molar-refractivity contribution in [1.29, 1.82) is 0 Å². The number of rotatable bonds is 8. The van der Waals surface area contributed by atoms with E-state index in [2.05, 4.69) is 10.2 Å². The van der Waals surface area contributed by atoms with Crippen molar-refractivity contribution in [3.05, 3.63) is 54.6 Å². The van der Waals surface area contributed by atoms with Crippen molar-refractivity contribution in [3.63, 3.8) is 0 Å². The zero-order chi connectivity index (χ0) is 20.8. The van der Waals surface area contributed by atoms with Gasteiger partial charge >= 0.3 is 0 Å². The lowest BCUT2D eigenvalue weighted by Gasteiger charge is -2.25. The van der Waals surface area contributed by atoms with Crippen LogP contribution in [0.4, 0.5) is 0 Å². The summed E-state index contributed by atoms with van der Waals surface area (Å²) in [6, 6.07) is 16.3. The molecule has 0 radical (unpaired) electrons. The van der Waals surface area contributed by atoms with Gasteiger partial charge in [0, 0.05) is 24.4 Å². The molecule has 0 saturated carbocycles. The van der Waals surface area contributed by atoms with Crippen molar-refractivity contribution in [2.45, 2.75) is 29.4 Å². The molecular weight excluding hydrogens is 422 g/mol. The zero-order valence-electron chi connectivity index (χ0n) is 16.4. The lowest BCUT2D eigenvalue weighted by molar-refractivity contribution is 0.343. The standard InChI is InChI=1S/C21H23N3O4S2/c25-30(26,24-12-5-2-6-13-24)19-11-7-8-17(16-19)20-22-23-21(28-20)29-15-14-27-18-9-3-1-4-10-18/h1,3-4,7-11,16H,2,5-6,12-15H2. The first-order chi connectivity index (χ1) is 14.6. The highest BCUT2D eigenvalue weighted by atomic mass is 32.2. The third kappa shape index (κ3) is 5.03. The van der Waals surface area contributed by atoms with Crippen LogP contribution in [0.5, 0.6) is 5.75 Å². The first-order valence-corrected chi connectivity index (χ1v) is 12.3. The number of hydrogen-bond donors (Lipinski definition) is 0. The number of thioether (sulfide) groups is 1. The molecule has 1 aliphatic rings. The molecule has 0 spiro atoms. The van der Waals surface area contributed by atoms with Gasteiger partial charge in [0.05, 0.1) is 11.5 Å². The SMILES string of the molecule is O=S(=O)(c1cccc(-c2nnc(SCCOc3ccccc3)o2)c1)N1CCCCC1. The second kappa shape index (κ2) is 9.63. The fourth-order valence-electron chi connectivity index (χ4n) is 3.23. The maximum atomic E-state index is 12.9. The molecule has 0 bridgehead atoms. The van der Waals surface area contributed by atoms with E-state index in [0.29, 0.717) is 42.1 Å². The molecule has 7 nitrogen and oxygen atoms in total. The maximum absolute atomic E-state index is 12.9. The van der Waals surface area contributed by atoms with E-state index in [1.54, 1.807) is 28.6 Å². The van der Waals surface area contributed by atoms with Crippen molar-refractivity contribution in [3.8, 4) is 17.2 Å². The summed E-state index contributed by atoms with van der Waals surface area (Å²) in [5.74, 6) is 1.77. The Labute approximate surface area is 180 Å². The summed E-state index contributed by atoms with van der Waals surface area (Å²) in [7, 11) is -3.51. The zero-order valence-corrected chi connectivity index (χ0v) is 18.1. The summed E-state index contributed by atoms with van der Waals surface area (Å²) in [5.41, 5.74) is 0.591. The van der Waals surface area contributed by atoms with E-state index in [4.69, 9.17) is 9.15 Å². The van der Waals surface area contributed by atoms with Crippen LogP contribution in [0.15, 0.2) is 69.1 Å². The number of sulfonamides is 1. The van der Waals surface area contributed by atoms with Gasteiger partial charge in [0.15, 0.2) is 0 Å². The van der Waals surface area contributed by atoms with Crippen LogP contribution in [-0.4, -0.2) is 48.4 Å². The molecule has 9 heteroatoms. The minimum absolute atomic E-state index is 0.255. The topological polar surface area (TPSA) is 85.5 Å². The van der Waals surface area contributed by atoms with Crippen LogP contribution in [0.1, 0.15) is 19.3 Å². The Morgan fingerprint density at radius 3 is 2.60 bits per heavy atom. The number of para-hydroxylation sites is 1. The van der Waals surface area contributed by atoms with Crippen molar-refractivity contribution in [2.75, 3.05) is 25.4 Å². The van der Waals surface area contributed by atoms with Crippen LogP contribution in [0, 0.1) is 0 Å². The van der Waals surface area contributed by atoms with Gasteiger partial charge in [-0.15, -0.1) is 10.2 Å². The molecule has 158 valence electrons. The van der Waals surface area contributed by atoms with E-state index in [9.17, 15) is 8.42 Å². The van der Waals surface area contributed by atoms with Crippen molar-refractivity contribution in [1.82, 2.24) is 14.5 Å². The highest BCUT2D eigenvalue weighted by Crippen LogP contribution is 2.27. The fraction of sp³-hybridized carbons (Fsp3) is 0.333. The summed E-state index contributed by atoms with van der Waals surface area (Å²) in [6.07, 6.45) is 2.87. The molecule has 0 aliphatic carbocycles. The van der Waals surface area contributed by atoms with Gasteiger partial charge in [-0.2, -0.15) is 4.31 Å². The van der Waals surface area contributed by atoms with Gasteiger partial charge in [-0.1, -0.05) is 42.4 Å². The molecule has 2 heterocycles. The number of hydrogen-bond acceptors (Lipinski definition) is 7. The lowest BCUT2D eigenvalue weighted by Crippen LogP contribution is -2.35. The molecule has 0 unspecified atom stereocenters. The van der Waals surface area contributed by atoms with E-state index in [1.165, 1.54) is 11.8 Å². The Morgan fingerprint density at radius 2 is 1.80 bits per heavy atom. The van der Waals surface area contributed by atoms with Crippen LogP contribution in [0.2, 0.25) is 0 Å². The second-order valence-electron chi connectivity index (χ2n) is 6.88. The molecule has 1 fully saturated rings. The van der Waals surface area contributed by atoms with E-state index in [0.717, 1.165) is 25.0 Å². The molecule has 2 aromatic carbocycles. The van der Waals surface area contributed by atoms with E-state index >= 15 is 0 Å². The Hall–Kier alpha value is -2.36. The van der Waals surface area contributed by atoms with Gasteiger partial charge in [-0.3, -0.25) is 0 Å². The summed E-state index contributed by atoms with van der Waals surface area (Å²) < 4.78 is 38.7. The molecule has 1 saturated heterocycles. The van der Waals surface area contributed by atoms with Crippen molar-refractivity contribution in [2.24, 2.45) is 0 Å². The van der Waals surface area contributed by atoms with Gasteiger partial charge < -0.3 is 9.15 Å². The average molecular weight is 446 g/mol. The number of benzene rings is 2. The van der Waals surface area contributed by atoms with Crippen LogP contribution in [0.3, 0.4) is 0 Å². The van der Waals surface area contributed by atoms with Crippen molar-refractivity contribution < 1.29 is 17.6 Å². The number of aromatic nitrogens is 2.